The van der Waals surface area contributed by atoms with Gasteiger partial charge >= 0.3 is 0 Å². The molecule has 1 aromatic carbocycles. The molecule has 2 heteroatoms. The second-order valence-corrected chi connectivity index (χ2v) is 5.56. The van der Waals surface area contributed by atoms with Gasteiger partial charge in [-0.05, 0) is 25.3 Å². The number of hydrogen-bond donors (Lipinski definition) is 1. The van der Waals surface area contributed by atoms with Crippen molar-refractivity contribution in [3.05, 3.63) is 35.9 Å². The zero-order valence-corrected chi connectivity index (χ0v) is 12.3. The lowest BCUT2D eigenvalue weighted by atomic mass is 9.99. The van der Waals surface area contributed by atoms with Crippen LogP contribution in [-0.4, -0.2) is 23.5 Å². The van der Waals surface area contributed by atoms with Gasteiger partial charge in [0, 0.05) is 25.2 Å². The fraction of sp³-hybridized carbons (Fsp3) is 0.625. The van der Waals surface area contributed by atoms with Crippen molar-refractivity contribution in [2.45, 2.75) is 52.7 Å². The van der Waals surface area contributed by atoms with Crippen LogP contribution in [0.4, 0.5) is 0 Å². The molecule has 0 heterocycles. The van der Waals surface area contributed by atoms with Gasteiger partial charge in [-0.25, -0.2) is 0 Å². The Hall–Kier alpha value is -0.860. The van der Waals surface area contributed by atoms with Gasteiger partial charge in [0.1, 0.15) is 0 Å². The Balaban J connectivity index is 2.61. The summed E-state index contributed by atoms with van der Waals surface area (Å²) in [6, 6.07) is 11.4. The van der Waals surface area contributed by atoms with Gasteiger partial charge in [-0.3, -0.25) is 4.90 Å². The Kier molecular flexibility index (Phi) is 6.37. The van der Waals surface area contributed by atoms with Gasteiger partial charge in [-0.15, -0.1) is 0 Å². The summed E-state index contributed by atoms with van der Waals surface area (Å²) in [6.07, 6.45) is 1.15. The highest BCUT2D eigenvalue weighted by Crippen LogP contribution is 2.12. The van der Waals surface area contributed by atoms with E-state index in [4.69, 9.17) is 5.73 Å². The lowest BCUT2D eigenvalue weighted by molar-refractivity contribution is 0.182. The van der Waals surface area contributed by atoms with Crippen LogP contribution in [0.1, 0.15) is 39.7 Å². The molecule has 2 atom stereocenters. The summed E-state index contributed by atoms with van der Waals surface area (Å²) in [6.45, 7) is 10.9. The third-order valence-electron chi connectivity index (χ3n) is 3.78. The fourth-order valence-corrected chi connectivity index (χ4v) is 2.03. The van der Waals surface area contributed by atoms with Crippen LogP contribution in [0.5, 0.6) is 0 Å². The molecule has 102 valence electrons. The van der Waals surface area contributed by atoms with Crippen molar-refractivity contribution in [1.29, 1.82) is 0 Å². The number of rotatable bonds is 7. The van der Waals surface area contributed by atoms with E-state index < -0.39 is 0 Å². The zero-order valence-electron chi connectivity index (χ0n) is 12.3. The summed E-state index contributed by atoms with van der Waals surface area (Å²) in [5, 5.41) is 0. The van der Waals surface area contributed by atoms with Gasteiger partial charge in [0.05, 0.1) is 0 Å². The van der Waals surface area contributed by atoms with Gasteiger partial charge in [0.15, 0.2) is 0 Å². The maximum absolute atomic E-state index is 6.28. The molecule has 0 amide bonds. The Morgan fingerprint density at radius 2 is 1.72 bits per heavy atom. The average Bonchev–Trinajstić information content (AvgIpc) is 2.37. The monoisotopic (exact) mass is 248 g/mol. The van der Waals surface area contributed by atoms with Crippen LogP contribution < -0.4 is 5.73 Å². The molecule has 0 fully saturated rings. The normalized spacial score (nSPS) is 15.1. The maximum atomic E-state index is 6.28. The van der Waals surface area contributed by atoms with E-state index in [1.807, 2.05) is 0 Å². The van der Waals surface area contributed by atoms with Crippen LogP contribution in [0, 0.1) is 5.92 Å². The first-order valence-electron chi connectivity index (χ1n) is 7.08. The smallest absolute Gasteiger partial charge is 0.0237 e. The van der Waals surface area contributed by atoms with Crippen molar-refractivity contribution >= 4 is 0 Å². The standard InChI is InChI=1S/C16H28N2/c1-5-14(4)16(17)12-18(13(2)3)11-15-9-7-6-8-10-15/h6-10,13-14,16H,5,11-12,17H2,1-4H3/t14?,16-/m1/s1. The van der Waals surface area contributed by atoms with Crippen molar-refractivity contribution in [3.8, 4) is 0 Å². The predicted molar refractivity (Wildman–Crippen MR) is 79.4 cm³/mol. The van der Waals surface area contributed by atoms with Gasteiger partial charge < -0.3 is 5.73 Å². The Labute approximate surface area is 112 Å². The topological polar surface area (TPSA) is 29.3 Å². The number of nitrogens with zero attached hydrogens (tertiary/aromatic N) is 1. The number of hydrogen-bond acceptors (Lipinski definition) is 2. The highest BCUT2D eigenvalue weighted by Gasteiger charge is 2.17. The molecular formula is C16H28N2. The van der Waals surface area contributed by atoms with Crippen molar-refractivity contribution in [3.63, 3.8) is 0 Å². The van der Waals surface area contributed by atoms with E-state index in [1.54, 1.807) is 0 Å². The van der Waals surface area contributed by atoms with Crippen molar-refractivity contribution in [2.75, 3.05) is 6.54 Å². The summed E-state index contributed by atoms with van der Waals surface area (Å²) in [5.74, 6) is 0.585. The second kappa shape index (κ2) is 7.55. The minimum absolute atomic E-state index is 0.265. The maximum Gasteiger partial charge on any atom is 0.0237 e. The van der Waals surface area contributed by atoms with Gasteiger partial charge in [-0.2, -0.15) is 0 Å². The molecule has 0 spiro atoms. The zero-order chi connectivity index (χ0) is 13.5. The molecule has 1 unspecified atom stereocenters. The molecule has 1 rings (SSSR count). The lowest BCUT2D eigenvalue weighted by Gasteiger charge is -2.31. The van der Waals surface area contributed by atoms with Crippen LogP contribution in [0.3, 0.4) is 0 Å². The molecule has 2 N–H and O–H groups in total. The van der Waals surface area contributed by atoms with Crippen molar-refractivity contribution < 1.29 is 0 Å². The molecule has 0 aliphatic heterocycles. The minimum Gasteiger partial charge on any atom is -0.326 e. The first-order valence-corrected chi connectivity index (χ1v) is 7.08. The summed E-state index contributed by atoms with van der Waals surface area (Å²) in [7, 11) is 0. The molecule has 0 saturated heterocycles. The largest absolute Gasteiger partial charge is 0.326 e. The Morgan fingerprint density at radius 1 is 1.11 bits per heavy atom. The molecule has 0 aliphatic carbocycles. The molecule has 0 radical (unpaired) electrons. The molecule has 0 saturated carbocycles. The van der Waals surface area contributed by atoms with E-state index in [2.05, 4.69) is 62.9 Å². The highest BCUT2D eigenvalue weighted by atomic mass is 15.2. The van der Waals surface area contributed by atoms with Crippen LogP contribution in [0.15, 0.2) is 30.3 Å². The van der Waals surface area contributed by atoms with E-state index in [0.29, 0.717) is 12.0 Å². The third kappa shape index (κ3) is 4.79. The molecular weight excluding hydrogens is 220 g/mol. The molecule has 0 aliphatic rings. The van der Waals surface area contributed by atoms with Gasteiger partial charge in [0.25, 0.3) is 0 Å². The molecule has 0 aromatic heterocycles. The van der Waals surface area contributed by atoms with Crippen LogP contribution in [-0.2, 0) is 6.54 Å². The van der Waals surface area contributed by atoms with Crippen LogP contribution in [0.25, 0.3) is 0 Å². The quantitative estimate of drug-likeness (QED) is 0.802. The predicted octanol–water partition coefficient (Wildman–Crippen LogP) is 3.27. The Bertz CT molecular complexity index is 321. The number of nitrogens with two attached hydrogens (primary N) is 1. The molecule has 2 nitrogen and oxygen atoms in total. The Morgan fingerprint density at radius 3 is 2.22 bits per heavy atom. The van der Waals surface area contributed by atoms with E-state index in [-0.39, 0.29) is 6.04 Å². The van der Waals surface area contributed by atoms with Crippen LogP contribution in [0.2, 0.25) is 0 Å². The summed E-state index contributed by atoms with van der Waals surface area (Å²) >= 11 is 0. The first-order chi connectivity index (χ1) is 8.54. The van der Waals surface area contributed by atoms with Gasteiger partial charge in [-0.1, -0.05) is 50.6 Å². The fourth-order valence-electron chi connectivity index (χ4n) is 2.03. The highest BCUT2D eigenvalue weighted by molar-refractivity contribution is 5.14. The van der Waals surface area contributed by atoms with Gasteiger partial charge in [0.2, 0.25) is 0 Å². The minimum atomic E-state index is 0.265. The molecule has 0 bridgehead atoms. The van der Waals surface area contributed by atoms with E-state index in [9.17, 15) is 0 Å². The van der Waals surface area contributed by atoms with Crippen molar-refractivity contribution in [2.24, 2.45) is 11.7 Å². The van der Waals surface area contributed by atoms with Crippen LogP contribution >= 0.6 is 0 Å². The SMILES string of the molecule is CCC(C)[C@H](N)CN(Cc1ccccc1)C(C)C. The average molecular weight is 248 g/mol. The summed E-state index contributed by atoms with van der Waals surface area (Å²) in [5.41, 5.74) is 7.64. The first kappa shape index (κ1) is 15.2. The molecule has 1 aromatic rings. The van der Waals surface area contributed by atoms with E-state index >= 15 is 0 Å². The second-order valence-electron chi connectivity index (χ2n) is 5.56. The van der Waals surface area contributed by atoms with E-state index in [0.717, 1.165) is 19.5 Å². The summed E-state index contributed by atoms with van der Waals surface area (Å²) in [4.78, 5) is 2.46. The van der Waals surface area contributed by atoms with Crippen molar-refractivity contribution in [1.82, 2.24) is 4.90 Å². The third-order valence-corrected chi connectivity index (χ3v) is 3.78. The molecule has 18 heavy (non-hydrogen) atoms. The lowest BCUT2D eigenvalue weighted by Crippen LogP contribution is -2.43. The number of benzene rings is 1. The van der Waals surface area contributed by atoms with E-state index in [1.165, 1.54) is 5.56 Å². The summed E-state index contributed by atoms with van der Waals surface area (Å²) < 4.78 is 0.